The van der Waals surface area contributed by atoms with Gasteiger partial charge in [0.2, 0.25) is 6.41 Å². The fourth-order valence-electron chi connectivity index (χ4n) is 2.70. The van der Waals surface area contributed by atoms with Gasteiger partial charge in [0, 0.05) is 6.42 Å². The van der Waals surface area contributed by atoms with Gasteiger partial charge in [-0.05, 0) is 23.3 Å². The zero-order chi connectivity index (χ0) is 12.9. The van der Waals surface area contributed by atoms with E-state index in [1.54, 1.807) is 0 Å². The molecule has 1 N–H and O–H groups in total. The molecule has 0 radical (unpaired) electrons. The van der Waals surface area contributed by atoms with Gasteiger partial charge in [0.05, 0.1) is 17.7 Å². The van der Waals surface area contributed by atoms with Gasteiger partial charge in [-0.1, -0.05) is 6.07 Å². The first kappa shape index (κ1) is 11.5. The van der Waals surface area contributed by atoms with Crippen LogP contribution in [0.1, 0.15) is 35.3 Å². The van der Waals surface area contributed by atoms with E-state index in [4.69, 9.17) is 4.74 Å². The summed E-state index contributed by atoms with van der Waals surface area (Å²) in [5, 5.41) is 2.63. The van der Waals surface area contributed by atoms with Gasteiger partial charge in [0.25, 0.3) is 0 Å². The lowest BCUT2D eigenvalue weighted by Crippen LogP contribution is -2.32. The number of fused-ring (bicyclic) bond motifs is 5. The molecule has 2 bridgehead atoms. The smallest absolute Gasteiger partial charge is 0.363 e. The quantitative estimate of drug-likeness (QED) is 0.826. The number of alkyl halides is 3. The molecule has 1 fully saturated rings. The first-order valence-electron chi connectivity index (χ1n) is 5.57. The van der Waals surface area contributed by atoms with E-state index in [1.165, 1.54) is 6.07 Å². The molecule has 96 valence electrons. The maximum Gasteiger partial charge on any atom is 0.416 e. The van der Waals surface area contributed by atoms with Gasteiger partial charge in [0.1, 0.15) is 6.10 Å². The highest BCUT2D eigenvalue weighted by molar-refractivity contribution is 5.49. The number of rotatable bonds is 2. The van der Waals surface area contributed by atoms with Crippen molar-refractivity contribution in [2.75, 3.05) is 0 Å². The zero-order valence-electron chi connectivity index (χ0n) is 9.20. The molecule has 0 spiro atoms. The van der Waals surface area contributed by atoms with E-state index < -0.39 is 11.7 Å². The maximum absolute atomic E-state index is 12.6. The molecular formula is C12H10F3NO2. The van der Waals surface area contributed by atoms with Gasteiger partial charge >= 0.3 is 6.18 Å². The molecule has 1 amide bonds. The SMILES string of the molecule is O=CN[C@@H]1C[C@@H]2O[C@H]1c1ccc(C(F)(F)F)cc12. The third-order valence-electron chi connectivity index (χ3n) is 3.49. The van der Waals surface area contributed by atoms with Crippen LogP contribution in [0.4, 0.5) is 13.2 Å². The van der Waals surface area contributed by atoms with E-state index in [1.807, 2.05) is 0 Å². The van der Waals surface area contributed by atoms with Crippen LogP contribution < -0.4 is 5.32 Å². The van der Waals surface area contributed by atoms with E-state index in [0.29, 0.717) is 18.4 Å². The Bertz CT molecular complexity index is 501. The Morgan fingerprint density at radius 2 is 2.11 bits per heavy atom. The Morgan fingerprint density at radius 3 is 2.78 bits per heavy atom. The molecule has 1 aromatic rings. The Labute approximate surface area is 101 Å². The molecule has 1 aromatic carbocycles. The number of halogens is 3. The Kier molecular flexibility index (Phi) is 2.38. The van der Waals surface area contributed by atoms with Crippen molar-refractivity contribution in [3.05, 3.63) is 34.9 Å². The minimum absolute atomic E-state index is 0.142. The number of hydrogen-bond acceptors (Lipinski definition) is 2. The number of benzene rings is 1. The van der Waals surface area contributed by atoms with Crippen molar-refractivity contribution >= 4 is 6.41 Å². The second-order valence-electron chi connectivity index (χ2n) is 4.51. The first-order valence-corrected chi connectivity index (χ1v) is 5.57. The molecule has 0 aliphatic carbocycles. The van der Waals surface area contributed by atoms with Crippen LogP contribution in [-0.4, -0.2) is 12.5 Å². The third-order valence-corrected chi connectivity index (χ3v) is 3.49. The second kappa shape index (κ2) is 3.71. The summed E-state index contributed by atoms with van der Waals surface area (Å²) in [5.41, 5.74) is 0.690. The summed E-state index contributed by atoms with van der Waals surface area (Å²) in [5.74, 6) is 0. The van der Waals surface area contributed by atoms with Crippen LogP contribution in [-0.2, 0) is 15.7 Å². The molecule has 0 saturated carbocycles. The Hall–Kier alpha value is -1.56. The van der Waals surface area contributed by atoms with Crippen molar-refractivity contribution in [1.82, 2.24) is 5.32 Å². The van der Waals surface area contributed by atoms with Crippen LogP contribution in [0.2, 0.25) is 0 Å². The summed E-state index contributed by atoms with van der Waals surface area (Å²) in [7, 11) is 0. The lowest BCUT2D eigenvalue weighted by Gasteiger charge is -2.21. The average Bonchev–Trinajstić information content (AvgIpc) is 2.86. The standard InChI is InChI=1S/C12H10F3NO2/c13-12(14,15)6-1-2-7-8(3-6)10-4-9(16-5-17)11(7)18-10/h1-3,5,9-11H,4H2,(H,16,17)/t9-,10+,11+/m1/s1. The first-order chi connectivity index (χ1) is 8.50. The van der Waals surface area contributed by atoms with Crippen molar-refractivity contribution < 1.29 is 22.7 Å². The van der Waals surface area contributed by atoms with Crippen LogP contribution in [0, 0.1) is 0 Å². The highest BCUT2D eigenvalue weighted by Crippen LogP contribution is 2.51. The second-order valence-corrected chi connectivity index (χ2v) is 4.51. The van der Waals surface area contributed by atoms with E-state index >= 15 is 0 Å². The monoisotopic (exact) mass is 257 g/mol. The van der Waals surface area contributed by atoms with E-state index in [-0.39, 0.29) is 18.2 Å². The van der Waals surface area contributed by atoms with Crippen LogP contribution in [0.5, 0.6) is 0 Å². The summed E-state index contributed by atoms with van der Waals surface area (Å²) < 4.78 is 43.4. The number of ether oxygens (including phenoxy) is 1. The summed E-state index contributed by atoms with van der Waals surface area (Å²) in [6.07, 6.45) is -3.88. The minimum Gasteiger partial charge on any atom is -0.363 e. The number of nitrogens with one attached hydrogen (secondary N) is 1. The number of amides is 1. The fraction of sp³-hybridized carbons (Fsp3) is 0.417. The summed E-state index contributed by atoms with van der Waals surface area (Å²) in [4.78, 5) is 10.4. The van der Waals surface area contributed by atoms with Crippen LogP contribution >= 0.6 is 0 Å². The Morgan fingerprint density at radius 1 is 1.33 bits per heavy atom. The summed E-state index contributed by atoms with van der Waals surface area (Å²) in [6.45, 7) is 0. The van der Waals surface area contributed by atoms with E-state index in [0.717, 1.165) is 17.7 Å². The number of hydrogen-bond donors (Lipinski definition) is 1. The van der Waals surface area contributed by atoms with Crippen molar-refractivity contribution in [2.24, 2.45) is 0 Å². The number of carbonyl (C=O) groups excluding carboxylic acids is 1. The molecule has 18 heavy (non-hydrogen) atoms. The average molecular weight is 257 g/mol. The van der Waals surface area contributed by atoms with Crippen molar-refractivity contribution in [3.8, 4) is 0 Å². The van der Waals surface area contributed by atoms with E-state index in [2.05, 4.69) is 5.32 Å². The molecule has 3 nitrogen and oxygen atoms in total. The van der Waals surface area contributed by atoms with Crippen molar-refractivity contribution in [1.29, 1.82) is 0 Å². The molecule has 1 saturated heterocycles. The summed E-state index contributed by atoms with van der Waals surface area (Å²) >= 11 is 0. The normalized spacial score (nSPS) is 29.2. The van der Waals surface area contributed by atoms with Crippen molar-refractivity contribution in [3.63, 3.8) is 0 Å². The highest BCUT2D eigenvalue weighted by Gasteiger charge is 2.46. The van der Waals surface area contributed by atoms with Gasteiger partial charge in [-0.15, -0.1) is 0 Å². The topological polar surface area (TPSA) is 38.3 Å². The molecule has 2 heterocycles. The molecular weight excluding hydrogens is 247 g/mol. The van der Waals surface area contributed by atoms with Crippen molar-refractivity contribution in [2.45, 2.75) is 30.8 Å². The van der Waals surface area contributed by atoms with Gasteiger partial charge < -0.3 is 10.1 Å². The van der Waals surface area contributed by atoms with Crippen LogP contribution in [0.25, 0.3) is 0 Å². The fourth-order valence-corrected chi connectivity index (χ4v) is 2.70. The molecule has 2 aliphatic rings. The minimum atomic E-state index is -4.34. The molecule has 0 aromatic heterocycles. The van der Waals surface area contributed by atoms with Gasteiger partial charge in [-0.2, -0.15) is 13.2 Å². The molecule has 6 heteroatoms. The van der Waals surface area contributed by atoms with E-state index in [9.17, 15) is 18.0 Å². The van der Waals surface area contributed by atoms with Crippen LogP contribution in [0.3, 0.4) is 0 Å². The number of carbonyl (C=O) groups is 1. The molecule has 3 rings (SSSR count). The van der Waals surface area contributed by atoms with Crippen LogP contribution in [0.15, 0.2) is 18.2 Å². The molecule has 0 unspecified atom stereocenters. The third kappa shape index (κ3) is 1.59. The highest BCUT2D eigenvalue weighted by atomic mass is 19.4. The lowest BCUT2D eigenvalue weighted by molar-refractivity contribution is -0.137. The predicted molar refractivity (Wildman–Crippen MR) is 55.6 cm³/mol. The summed E-state index contributed by atoms with van der Waals surface area (Å²) in [6, 6.07) is 3.51. The molecule has 2 aliphatic heterocycles. The maximum atomic E-state index is 12.6. The van der Waals surface area contributed by atoms with Gasteiger partial charge in [-0.25, -0.2) is 0 Å². The Balaban J connectivity index is 1.96. The van der Waals surface area contributed by atoms with Gasteiger partial charge in [0.15, 0.2) is 0 Å². The zero-order valence-corrected chi connectivity index (χ0v) is 9.20. The predicted octanol–water partition coefficient (Wildman–Crippen LogP) is 2.34. The molecule has 3 atom stereocenters. The lowest BCUT2D eigenvalue weighted by atomic mass is 9.87. The largest absolute Gasteiger partial charge is 0.416 e. The van der Waals surface area contributed by atoms with Gasteiger partial charge in [-0.3, -0.25) is 4.79 Å².